The third kappa shape index (κ3) is 3.54. The molecule has 0 fully saturated rings. The molecule has 0 N–H and O–H groups in total. The Morgan fingerprint density at radius 1 is 0.933 bits per heavy atom. The minimum absolute atomic E-state index is 0.0968. The zero-order chi connectivity index (χ0) is 11.5. The lowest BCUT2D eigenvalue weighted by Crippen LogP contribution is -2.10. The highest BCUT2D eigenvalue weighted by Gasteiger charge is 2.12. The summed E-state index contributed by atoms with van der Waals surface area (Å²) in [7, 11) is -1.05. The summed E-state index contributed by atoms with van der Waals surface area (Å²) in [5.41, 5.74) is 0. The zero-order valence-electron chi connectivity index (χ0n) is 8.29. The first-order valence-electron chi connectivity index (χ1n) is 3.68. The summed E-state index contributed by atoms with van der Waals surface area (Å²) in [5.74, 6) is 0. The maximum Gasteiger partial charge on any atom is 0.342 e. The summed E-state index contributed by atoms with van der Waals surface area (Å²) >= 11 is 0. The fourth-order valence-electron chi connectivity index (χ4n) is 0.676. The molecule has 0 spiro atoms. The van der Waals surface area contributed by atoms with E-state index in [2.05, 4.69) is 19.1 Å². The molecule has 0 aromatic carbocycles. The van der Waals surface area contributed by atoms with E-state index in [1.165, 1.54) is 14.2 Å². The van der Waals surface area contributed by atoms with Crippen LogP contribution in [0, 0.1) is 0 Å². The number of hydrogen-bond donors (Lipinski definition) is 0. The van der Waals surface area contributed by atoms with Gasteiger partial charge in [0, 0.05) is 0 Å². The summed E-state index contributed by atoms with van der Waals surface area (Å²) in [4.78, 5) is 10.8. The second-order valence-corrected chi connectivity index (χ2v) is 3.95. The van der Waals surface area contributed by atoms with Crippen LogP contribution in [-0.2, 0) is 10.1 Å². The fraction of sp³-hybridized carbons (Fsp3) is 0.500. The molecule has 15 heavy (non-hydrogen) atoms. The van der Waals surface area contributed by atoms with Crippen LogP contribution in [-0.4, -0.2) is 43.8 Å². The topological polar surface area (TPSA) is 100 Å². The second-order valence-electron chi connectivity index (χ2n) is 2.38. The van der Waals surface area contributed by atoms with Crippen molar-refractivity contribution in [3.63, 3.8) is 0 Å². The molecule has 1 rings (SSSR count). The Kier molecular flexibility index (Phi) is 3.24. The normalized spacial score (nSPS) is 10.9. The Balaban J connectivity index is 3.07. The van der Waals surface area contributed by atoms with Crippen molar-refractivity contribution in [2.24, 2.45) is 0 Å². The van der Waals surface area contributed by atoms with Gasteiger partial charge in [0.25, 0.3) is 0 Å². The van der Waals surface area contributed by atoms with Crippen LogP contribution in [0.1, 0.15) is 0 Å². The van der Waals surface area contributed by atoms with Crippen molar-refractivity contribution in [3.05, 3.63) is 0 Å². The summed E-state index contributed by atoms with van der Waals surface area (Å²) in [6, 6.07) is -0.595. The Morgan fingerprint density at radius 2 is 1.33 bits per heavy atom. The summed E-state index contributed by atoms with van der Waals surface area (Å²) in [5, 5.41) is 0. The van der Waals surface area contributed by atoms with Gasteiger partial charge in [-0.05, 0) is 0 Å². The number of aromatic nitrogens is 3. The molecule has 84 valence electrons. The molecule has 0 atom stereocenters. The van der Waals surface area contributed by atoms with Gasteiger partial charge in [0.05, 0.1) is 20.5 Å². The van der Waals surface area contributed by atoms with Gasteiger partial charge >= 0.3 is 28.1 Å². The fourth-order valence-corrected chi connectivity index (χ4v) is 1.02. The van der Waals surface area contributed by atoms with Gasteiger partial charge in [0.15, 0.2) is 0 Å². The van der Waals surface area contributed by atoms with E-state index in [4.69, 9.17) is 9.47 Å². The highest BCUT2D eigenvalue weighted by molar-refractivity contribution is 7.86. The SMILES string of the molecule is COc1nc(OC)nc(OS(C)(=O)=O)n1. The molecule has 0 saturated heterocycles. The van der Waals surface area contributed by atoms with Gasteiger partial charge in [-0.2, -0.15) is 8.42 Å². The third-order valence-corrected chi connectivity index (χ3v) is 1.62. The molecule has 0 aliphatic rings. The number of ether oxygens (including phenoxy) is 2. The Morgan fingerprint density at radius 3 is 1.67 bits per heavy atom. The summed E-state index contributed by atoms with van der Waals surface area (Å²) in [6.07, 6.45) is 0.871. The van der Waals surface area contributed by atoms with Crippen molar-refractivity contribution >= 4 is 10.1 Å². The van der Waals surface area contributed by atoms with Crippen molar-refractivity contribution in [1.29, 1.82) is 0 Å². The first-order valence-corrected chi connectivity index (χ1v) is 5.50. The first-order chi connectivity index (χ1) is 6.94. The van der Waals surface area contributed by atoms with Gasteiger partial charge in [0.1, 0.15) is 0 Å². The van der Waals surface area contributed by atoms with Gasteiger partial charge in [-0.25, -0.2) is 0 Å². The quantitative estimate of drug-likeness (QED) is 0.627. The molecular weight excluding hydrogens is 226 g/mol. The minimum atomic E-state index is -3.69. The summed E-state index contributed by atoms with van der Waals surface area (Å²) < 4.78 is 35.4. The molecule has 9 heteroatoms. The molecule has 0 saturated carbocycles. The van der Waals surface area contributed by atoms with Gasteiger partial charge in [-0.3, -0.25) is 0 Å². The largest absolute Gasteiger partial charge is 0.467 e. The average molecular weight is 235 g/mol. The van der Waals surface area contributed by atoms with Crippen molar-refractivity contribution in [1.82, 2.24) is 15.0 Å². The van der Waals surface area contributed by atoms with E-state index in [0.717, 1.165) is 6.26 Å². The van der Waals surface area contributed by atoms with E-state index in [-0.39, 0.29) is 12.0 Å². The average Bonchev–Trinajstić information content (AvgIpc) is 2.14. The van der Waals surface area contributed by atoms with E-state index < -0.39 is 16.1 Å². The molecule has 1 aromatic rings. The van der Waals surface area contributed by atoms with E-state index in [1.54, 1.807) is 0 Å². The number of rotatable bonds is 4. The van der Waals surface area contributed by atoms with Crippen LogP contribution >= 0.6 is 0 Å². The summed E-state index contributed by atoms with van der Waals surface area (Å²) in [6.45, 7) is 0. The van der Waals surface area contributed by atoms with Gasteiger partial charge in [-0.1, -0.05) is 0 Å². The monoisotopic (exact) mass is 235 g/mol. The molecule has 1 heterocycles. The van der Waals surface area contributed by atoms with Crippen LogP contribution in [0.2, 0.25) is 0 Å². The lowest BCUT2D eigenvalue weighted by atomic mass is 10.9. The van der Waals surface area contributed by atoms with Crippen molar-refractivity contribution in [2.45, 2.75) is 0 Å². The van der Waals surface area contributed by atoms with Crippen LogP contribution in [0.5, 0.6) is 18.0 Å². The van der Waals surface area contributed by atoms with Crippen LogP contribution in [0.15, 0.2) is 0 Å². The first kappa shape index (κ1) is 11.4. The molecular formula is C6H9N3O5S. The predicted octanol–water partition coefficient (Wildman–Crippen LogP) is -0.773. The highest BCUT2D eigenvalue weighted by atomic mass is 32.2. The van der Waals surface area contributed by atoms with Crippen LogP contribution in [0.4, 0.5) is 0 Å². The van der Waals surface area contributed by atoms with Gasteiger partial charge in [0.2, 0.25) is 0 Å². The maximum absolute atomic E-state index is 10.8. The molecule has 0 aliphatic heterocycles. The number of nitrogens with zero attached hydrogens (tertiary/aromatic N) is 3. The van der Waals surface area contributed by atoms with E-state index in [1.807, 2.05) is 0 Å². The minimum Gasteiger partial charge on any atom is -0.467 e. The van der Waals surface area contributed by atoms with Crippen molar-refractivity contribution in [3.8, 4) is 18.0 Å². The number of hydrogen-bond acceptors (Lipinski definition) is 8. The van der Waals surface area contributed by atoms with Crippen molar-refractivity contribution in [2.75, 3.05) is 20.5 Å². The molecule has 8 nitrogen and oxygen atoms in total. The molecule has 0 radical (unpaired) electrons. The lowest BCUT2D eigenvalue weighted by Gasteiger charge is -2.04. The lowest BCUT2D eigenvalue weighted by molar-refractivity contribution is 0.328. The maximum atomic E-state index is 10.8. The van der Waals surface area contributed by atoms with Gasteiger partial charge < -0.3 is 13.7 Å². The second kappa shape index (κ2) is 4.26. The zero-order valence-corrected chi connectivity index (χ0v) is 9.11. The van der Waals surface area contributed by atoms with Crippen LogP contribution in [0.25, 0.3) is 0 Å². The third-order valence-electron chi connectivity index (χ3n) is 1.16. The van der Waals surface area contributed by atoms with Gasteiger partial charge in [-0.15, -0.1) is 15.0 Å². The van der Waals surface area contributed by atoms with Crippen molar-refractivity contribution < 1.29 is 22.1 Å². The Bertz CT molecular complexity index is 424. The molecule has 1 aromatic heterocycles. The Labute approximate surface area is 86.4 Å². The molecule has 0 unspecified atom stereocenters. The van der Waals surface area contributed by atoms with Crippen LogP contribution < -0.4 is 13.7 Å². The predicted molar refractivity (Wildman–Crippen MR) is 48.4 cm³/mol. The standard InChI is InChI=1S/C6H9N3O5S/c1-12-4-7-5(13-2)9-6(8-4)14-15(3,10)11/h1-3H3. The van der Waals surface area contributed by atoms with E-state index in [0.29, 0.717) is 0 Å². The number of methoxy groups -OCH3 is 2. The molecule has 0 bridgehead atoms. The van der Waals surface area contributed by atoms with E-state index in [9.17, 15) is 8.42 Å². The molecule has 0 amide bonds. The molecule has 0 aliphatic carbocycles. The van der Waals surface area contributed by atoms with Crippen LogP contribution in [0.3, 0.4) is 0 Å². The smallest absolute Gasteiger partial charge is 0.342 e. The Hall–Kier alpha value is -1.64. The van der Waals surface area contributed by atoms with E-state index >= 15 is 0 Å². The highest BCUT2D eigenvalue weighted by Crippen LogP contribution is 2.14.